The summed E-state index contributed by atoms with van der Waals surface area (Å²) in [5.74, 6) is 2.04. The van der Waals surface area contributed by atoms with E-state index in [2.05, 4.69) is 52.1 Å². The number of rotatable bonds is 9. The van der Waals surface area contributed by atoms with Gasteiger partial charge < -0.3 is 14.8 Å². The second-order valence-corrected chi connectivity index (χ2v) is 8.76. The van der Waals surface area contributed by atoms with Crippen LogP contribution < -0.4 is 14.8 Å². The highest BCUT2D eigenvalue weighted by molar-refractivity contribution is 5.94. The molecular formula is C25H35NO3. The predicted molar refractivity (Wildman–Crippen MR) is 119 cm³/mol. The molecule has 0 aliphatic carbocycles. The lowest BCUT2D eigenvalue weighted by molar-refractivity contribution is 0.0952. The van der Waals surface area contributed by atoms with Crippen molar-refractivity contribution < 1.29 is 14.3 Å². The minimum Gasteiger partial charge on any atom is -0.493 e. The molecule has 1 amide bonds. The van der Waals surface area contributed by atoms with Crippen LogP contribution in [0.1, 0.15) is 69.4 Å². The van der Waals surface area contributed by atoms with Crippen molar-refractivity contribution in [1.29, 1.82) is 0 Å². The quantitative estimate of drug-likeness (QED) is 0.587. The van der Waals surface area contributed by atoms with Crippen LogP contribution in [0.15, 0.2) is 42.5 Å². The van der Waals surface area contributed by atoms with Gasteiger partial charge in [-0.3, -0.25) is 4.79 Å². The first-order valence-electron chi connectivity index (χ1n) is 10.5. The second kappa shape index (κ2) is 10.3. The summed E-state index contributed by atoms with van der Waals surface area (Å²) in [6.45, 7) is 14.4. The van der Waals surface area contributed by atoms with Gasteiger partial charge in [-0.15, -0.1) is 0 Å². The Morgan fingerprint density at radius 2 is 1.72 bits per heavy atom. The Balaban J connectivity index is 2.09. The fraction of sp³-hybridized carbons (Fsp3) is 0.480. The molecule has 0 heterocycles. The van der Waals surface area contributed by atoms with Crippen molar-refractivity contribution in [3.05, 3.63) is 59.2 Å². The number of nitrogens with one attached hydrogen (secondary N) is 1. The van der Waals surface area contributed by atoms with E-state index >= 15 is 0 Å². The minimum absolute atomic E-state index is 0.0653. The molecule has 1 N–H and O–H groups in total. The molecule has 0 aliphatic rings. The molecule has 0 saturated heterocycles. The Morgan fingerprint density at radius 1 is 1.03 bits per heavy atom. The number of hydrogen-bond donors (Lipinski definition) is 1. The van der Waals surface area contributed by atoms with Crippen LogP contribution in [0.5, 0.6) is 11.5 Å². The maximum Gasteiger partial charge on any atom is 0.251 e. The Bertz CT molecular complexity index is 789. The molecule has 2 rings (SSSR count). The zero-order chi connectivity index (χ0) is 21.4. The first kappa shape index (κ1) is 22.8. The Kier molecular flexibility index (Phi) is 8.12. The number of carbonyl (C=O) groups excluding carboxylic acids is 1. The largest absolute Gasteiger partial charge is 0.493 e. The van der Waals surface area contributed by atoms with Gasteiger partial charge in [0, 0.05) is 17.7 Å². The molecule has 0 fully saturated rings. The summed E-state index contributed by atoms with van der Waals surface area (Å²) < 4.78 is 11.7. The van der Waals surface area contributed by atoms with Crippen LogP contribution in [-0.2, 0) is 12.0 Å². The van der Waals surface area contributed by atoms with Gasteiger partial charge in [-0.25, -0.2) is 0 Å². The van der Waals surface area contributed by atoms with Crippen molar-refractivity contribution in [3.8, 4) is 11.5 Å². The van der Waals surface area contributed by atoms with E-state index in [1.807, 2.05) is 31.2 Å². The van der Waals surface area contributed by atoms with Crippen LogP contribution in [0, 0.1) is 5.92 Å². The van der Waals surface area contributed by atoms with Crippen molar-refractivity contribution >= 4 is 5.91 Å². The Labute approximate surface area is 175 Å². The fourth-order valence-corrected chi connectivity index (χ4v) is 2.92. The van der Waals surface area contributed by atoms with Crippen molar-refractivity contribution in [3.63, 3.8) is 0 Å². The molecule has 4 heteroatoms. The third-order valence-corrected chi connectivity index (χ3v) is 4.74. The van der Waals surface area contributed by atoms with Gasteiger partial charge in [-0.1, -0.05) is 46.8 Å². The molecule has 0 aliphatic heterocycles. The first-order valence-corrected chi connectivity index (χ1v) is 10.5. The highest BCUT2D eigenvalue weighted by Crippen LogP contribution is 2.26. The predicted octanol–water partition coefficient (Wildman–Crippen LogP) is 5.74. The molecule has 0 unspecified atom stereocenters. The average molecular weight is 398 g/mol. The smallest absolute Gasteiger partial charge is 0.251 e. The molecule has 2 aromatic rings. The molecular weight excluding hydrogens is 362 g/mol. The summed E-state index contributed by atoms with van der Waals surface area (Å²) in [6, 6.07) is 13.7. The van der Waals surface area contributed by atoms with E-state index in [0.717, 1.165) is 23.5 Å². The van der Waals surface area contributed by atoms with Gasteiger partial charge in [0.1, 0.15) is 18.1 Å². The summed E-state index contributed by atoms with van der Waals surface area (Å²) in [4.78, 5) is 12.5. The van der Waals surface area contributed by atoms with Crippen LogP contribution in [0.25, 0.3) is 0 Å². The number of benzene rings is 2. The molecule has 29 heavy (non-hydrogen) atoms. The summed E-state index contributed by atoms with van der Waals surface area (Å²) in [5.41, 5.74) is 2.86. The molecule has 0 aromatic heterocycles. The van der Waals surface area contributed by atoms with Gasteiger partial charge in [-0.05, 0) is 60.6 Å². The van der Waals surface area contributed by atoms with Crippen LogP contribution in [-0.4, -0.2) is 19.1 Å². The SMILES string of the molecule is CCOc1ccc(C(=O)NCCC(C)C)cc1COc1ccc(C(C)(C)C)cc1. The lowest BCUT2D eigenvalue weighted by atomic mass is 9.87. The zero-order valence-electron chi connectivity index (χ0n) is 18.7. The van der Waals surface area contributed by atoms with Crippen molar-refractivity contribution in [2.24, 2.45) is 5.92 Å². The van der Waals surface area contributed by atoms with Gasteiger partial charge >= 0.3 is 0 Å². The lowest BCUT2D eigenvalue weighted by Gasteiger charge is -2.19. The van der Waals surface area contributed by atoms with E-state index in [0.29, 0.717) is 31.2 Å². The molecule has 0 radical (unpaired) electrons. The van der Waals surface area contributed by atoms with E-state index in [4.69, 9.17) is 9.47 Å². The lowest BCUT2D eigenvalue weighted by Crippen LogP contribution is -2.25. The van der Waals surface area contributed by atoms with Gasteiger partial charge in [0.25, 0.3) is 5.91 Å². The number of hydrogen-bond acceptors (Lipinski definition) is 3. The molecule has 2 aromatic carbocycles. The minimum atomic E-state index is -0.0653. The van der Waals surface area contributed by atoms with E-state index < -0.39 is 0 Å². The van der Waals surface area contributed by atoms with Crippen molar-refractivity contribution in [2.45, 2.75) is 60.0 Å². The highest BCUT2D eigenvalue weighted by Gasteiger charge is 2.14. The first-order chi connectivity index (χ1) is 13.7. The summed E-state index contributed by atoms with van der Waals surface area (Å²) in [7, 11) is 0. The third-order valence-electron chi connectivity index (χ3n) is 4.74. The number of ether oxygens (including phenoxy) is 2. The number of carbonyl (C=O) groups is 1. The van der Waals surface area contributed by atoms with Gasteiger partial charge in [0.2, 0.25) is 0 Å². The van der Waals surface area contributed by atoms with Crippen LogP contribution in [0.4, 0.5) is 0 Å². The van der Waals surface area contributed by atoms with Crippen molar-refractivity contribution in [2.75, 3.05) is 13.2 Å². The van der Waals surface area contributed by atoms with Gasteiger partial charge in [0.05, 0.1) is 6.61 Å². The summed E-state index contributed by atoms with van der Waals surface area (Å²) >= 11 is 0. The Hall–Kier alpha value is -2.49. The second-order valence-electron chi connectivity index (χ2n) is 8.76. The molecule has 0 atom stereocenters. The van der Waals surface area contributed by atoms with Crippen molar-refractivity contribution in [1.82, 2.24) is 5.32 Å². The van der Waals surface area contributed by atoms with Gasteiger partial charge in [-0.2, -0.15) is 0 Å². The molecule has 0 saturated carbocycles. The average Bonchev–Trinajstić information content (AvgIpc) is 2.66. The van der Waals surface area contributed by atoms with E-state index in [-0.39, 0.29) is 11.3 Å². The van der Waals surface area contributed by atoms with Crippen LogP contribution in [0.3, 0.4) is 0 Å². The highest BCUT2D eigenvalue weighted by atomic mass is 16.5. The number of amides is 1. The summed E-state index contributed by atoms with van der Waals surface area (Å²) in [6.07, 6.45) is 0.962. The van der Waals surface area contributed by atoms with Crippen LogP contribution in [0.2, 0.25) is 0 Å². The van der Waals surface area contributed by atoms with Crippen LogP contribution >= 0.6 is 0 Å². The molecule has 0 spiro atoms. The van der Waals surface area contributed by atoms with Gasteiger partial charge in [0.15, 0.2) is 0 Å². The topological polar surface area (TPSA) is 47.6 Å². The molecule has 0 bridgehead atoms. The maximum atomic E-state index is 12.5. The zero-order valence-corrected chi connectivity index (χ0v) is 18.7. The maximum absolute atomic E-state index is 12.5. The summed E-state index contributed by atoms with van der Waals surface area (Å²) in [5, 5.41) is 2.98. The Morgan fingerprint density at radius 3 is 2.31 bits per heavy atom. The fourth-order valence-electron chi connectivity index (χ4n) is 2.92. The molecule has 4 nitrogen and oxygen atoms in total. The normalized spacial score (nSPS) is 11.4. The molecule has 158 valence electrons. The standard InChI is InChI=1S/C25H35NO3/c1-7-28-23-13-8-19(24(27)26-15-14-18(2)3)16-20(23)17-29-22-11-9-21(10-12-22)25(4,5)6/h8-13,16,18H,7,14-15,17H2,1-6H3,(H,26,27). The van der Waals surface area contributed by atoms with E-state index in [9.17, 15) is 4.79 Å². The third kappa shape index (κ3) is 7.12. The monoisotopic (exact) mass is 397 g/mol. The van der Waals surface area contributed by atoms with E-state index in [1.54, 1.807) is 6.07 Å². The van der Waals surface area contributed by atoms with E-state index in [1.165, 1.54) is 5.56 Å².